The molecule has 0 amide bonds. The van der Waals surface area contributed by atoms with E-state index in [-0.39, 0.29) is 11.2 Å². The Morgan fingerprint density at radius 1 is 1.39 bits per heavy atom. The lowest BCUT2D eigenvalue weighted by molar-refractivity contribution is 0.264. The van der Waals surface area contributed by atoms with Crippen molar-refractivity contribution in [2.45, 2.75) is 44.4 Å². The standard InChI is InChI=1S/C15H19BrClF/c1-2-10-3-6-15(17)12(7-10)8-11-4-5-13(18)9-14(11)16/h4-5,9-10,12,15H,2-3,6-8H2,1H3. The molecule has 0 nitrogen and oxygen atoms in total. The maximum atomic E-state index is 13.1. The topological polar surface area (TPSA) is 0 Å². The average Bonchev–Trinajstić information content (AvgIpc) is 2.35. The molecule has 3 atom stereocenters. The molecule has 2 rings (SSSR count). The van der Waals surface area contributed by atoms with Crippen LogP contribution in [0.4, 0.5) is 4.39 Å². The molecule has 0 aromatic heterocycles. The summed E-state index contributed by atoms with van der Waals surface area (Å²) < 4.78 is 13.9. The molecule has 1 aromatic carbocycles. The van der Waals surface area contributed by atoms with Crippen molar-refractivity contribution in [2.24, 2.45) is 11.8 Å². The molecule has 0 radical (unpaired) electrons. The van der Waals surface area contributed by atoms with Crippen molar-refractivity contribution >= 4 is 27.5 Å². The van der Waals surface area contributed by atoms with Crippen molar-refractivity contribution in [1.29, 1.82) is 0 Å². The Balaban J connectivity index is 2.07. The van der Waals surface area contributed by atoms with Gasteiger partial charge in [0.2, 0.25) is 0 Å². The summed E-state index contributed by atoms with van der Waals surface area (Å²) in [4.78, 5) is 0. The minimum absolute atomic E-state index is 0.192. The highest BCUT2D eigenvalue weighted by atomic mass is 79.9. The van der Waals surface area contributed by atoms with Crippen LogP contribution in [0.3, 0.4) is 0 Å². The predicted molar refractivity (Wildman–Crippen MR) is 78.6 cm³/mol. The second-order valence-electron chi connectivity index (χ2n) is 5.30. The van der Waals surface area contributed by atoms with Gasteiger partial charge in [-0.3, -0.25) is 0 Å². The van der Waals surface area contributed by atoms with Gasteiger partial charge in [-0.1, -0.05) is 35.3 Å². The summed E-state index contributed by atoms with van der Waals surface area (Å²) in [5, 5.41) is 0.268. The molecule has 1 aliphatic rings. The molecule has 0 saturated heterocycles. The second kappa shape index (κ2) is 6.38. The van der Waals surface area contributed by atoms with Crippen molar-refractivity contribution in [2.75, 3.05) is 0 Å². The van der Waals surface area contributed by atoms with E-state index in [1.165, 1.54) is 30.9 Å². The van der Waals surface area contributed by atoms with E-state index >= 15 is 0 Å². The van der Waals surface area contributed by atoms with Crippen LogP contribution in [-0.2, 0) is 6.42 Å². The quantitative estimate of drug-likeness (QED) is 0.635. The van der Waals surface area contributed by atoms with E-state index in [0.717, 1.165) is 23.2 Å². The van der Waals surface area contributed by atoms with Gasteiger partial charge in [-0.15, -0.1) is 11.6 Å². The number of benzene rings is 1. The predicted octanol–water partition coefficient (Wildman–Crippen LogP) is 5.56. The van der Waals surface area contributed by atoms with Crippen LogP contribution in [0.2, 0.25) is 0 Å². The summed E-state index contributed by atoms with van der Waals surface area (Å²) in [6.07, 6.45) is 5.76. The molecule has 1 aliphatic carbocycles. The normalized spacial score (nSPS) is 28.3. The zero-order valence-corrected chi connectivity index (χ0v) is 13.0. The first-order chi connectivity index (χ1) is 8.60. The van der Waals surface area contributed by atoms with E-state index in [1.54, 1.807) is 6.07 Å². The molecular formula is C15H19BrClF. The lowest BCUT2D eigenvalue weighted by Gasteiger charge is -2.32. The van der Waals surface area contributed by atoms with E-state index in [9.17, 15) is 4.39 Å². The molecule has 1 aromatic rings. The van der Waals surface area contributed by atoms with Gasteiger partial charge in [-0.25, -0.2) is 4.39 Å². The van der Waals surface area contributed by atoms with Crippen molar-refractivity contribution in [1.82, 2.24) is 0 Å². The molecule has 3 unspecified atom stereocenters. The molecular weight excluding hydrogens is 315 g/mol. The highest BCUT2D eigenvalue weighted by Gasteiger charge is 2.28. The first-order valence-corrected chi connectivity index (χ1v) is 7.91. The highest BCUT2D eigenvalue weighted by Crippen LogP contribution is 2.37. The molecule has 3 heteroatoms. The van der Waals surface area contributed by atoms with Gasteiger partial charge in [-0.05, 0) is 55.2 Å². The van der Waals surface area contributed by atoms with Gasteiger partial charge >= 0.3 is 0 Å². The fourth-order valence-corrected chi connectivity index (χ4v) is 3.71. The van der Waals surface area contributed by atoms with E-state index in [0.29, 0.717) is 5.92 Å². The maximum absolute atomic E-state index is 13.1. The number of hydrogen-bond acceptors (Lipinski definition) is 0. The summed E-state index contributed by atoms with van der Waals surface area (Å²) in [6.45, 7) is 2.25. The summed E-state index contributed by atoms with van der Waals surface area (Å²) in [5.74, 6) is 1.14. The lowest BCUT2D eigenvalue weighted by Crippen LogP contribution is -2.27. The van der Waals surface area contributed by atoms with Crippen molar-refractivity contribution < 1.29 is 4.39 Å². The molecule has 0 spiro atoms. The number of hydrogen-bond donors (Lipinski definition) is 0. The smallest absolute Gasteiger partial charge is 0.124 e. The molecule has 0 aliphatic heterocycles. The van der Waals surface area contributed by atoms with E-state index < -0.39 is 0 Å². The zero-order chi connectivity index (χ0) is 13.1. The largest absolute Gasteiger partial charge is 0.207 e. The molecule has 100 valence electrons. The Bertz CT molecular complexity index is 407. The first kappa shape index (κ1) is 14.3. The molecule has 0 bridgehead atoms. The Labute approximate surface area is 122 Å². The third-order valence-electron chi connectivity index (χ3n) is 4.07. The van der Waals surface area contributed by atoms with Gasteiger partial charge in [0, 0.05) is 9.85 Å². The summed E-state index contributed by atoms with van der Waals surface area (Å²) in [5.41, 5.74) is 1.17. The highest BCUT2D eigenvalue weighted by molar-refractivity contribution is 9.10. The van der Waals surface area contributed by atoms with Gasteiger partial charge < -0.3 is 0 Å². The fourth-order valence-electron chi connectivity index (χ4n) is 2.88. The van der Waals surface area contributed by atoms with Gasteiger partial charge in [0.25, 0.3) is 0 Å². The summed E-state index contributed by atoms with van der Waals surface area (Å²) in [6, 6.07) is 4.95. The Morgan fingerprint density at radius 2 is 2.17 bits per heavy atom. The average molecular weight is 334 g/mol. The van der Waals surface area contributed by atoms with E-state index in [2.05, 4.69) is 22.9 Å². The van der Waals surface area contributed by atoms with Crippen molar-refractivity contribution in [3.05, 3.63) is 34.1 Å². The first-order valence-electron chi connectivity index (χ1n) is 6.68. The molecule has 0 heterocycles. The van der Waals surface area contributed by atoms with Crippen LogP contribution < -0.4 is 0 Å². The van der Waals surface area contributed by atoms with Crippen LogP contribution in [-0.4, -0.2) is 5.38 Å². The van der Waals surface area contributed by atoms with E-state index in [1.807, 2.05) is 6.07 Å². The maximum Gasteiger partial charge on any atom is 0.124 e. The number of rotatable bonds is 3. The Kier molecular flexibility index (Phi) is 5.08. The van der Waals surface area contributed by atoms with Crippen LogP contribution in [0, 0.1) is 17.7 Å². The van der Waals surface area contributed by atoms with Gasteiger partial charge in [0.15, 0.2) is 0 Å². The molecule has 18 heavy (non-hydrogen) atoms. The SMILES string of the molecule is CCC1CCC(Cl)C(Cc2ccc(F)cc2Br)C1. The van der Waals surface area contributed by atoms with Crippen molar-refractivity contribution in [3.63, 3.8) is 0 Å². The van der Waals surface area contributed by atoms with Crippen LogP contribution in [0.15, 0.2) is 22.7 Å². The fraction of sp³-hybridized carbons (Fsp3) is 0.600. The Hall–Kier alpha value is -0.0800. The van der Waals surface area contributed by atoms with Crippen LogP contribution in [0.25, 0.3) is 0 Å². The molecule has 1 fully saturated rings. The summed E-state index contributed by atoms with van der Waals surface area (Å²) >= 11 is 9.89. The van der Waals surface area contributed by atoms with E-state index in [4.69, 9.17) is 11.6 Å². The van der Waals surface area contributed by atoms with Crippen LogP contribution in [0.1, 0.15) is 38.2 Å². The van der Waals surface area contributed by atoms with Gasteiger partial charge in [0.05, 0.1) is 0 Å². The van der Waals surface area contributed by atoms with Crippen molar-refractivity contribution in [3.8, 4) is 0 Å². The lowest BCUT2D eigenvalue weighted by atomic mass is 9.77. The van der Waals surface area contributed by atoms with Crippen LogP contribution in [0.5, 0.6) is 0 Å². The van der Waals surface area contributed by atoms with Gasteiger partial charge in [0.1, 0.15) is 5.82 Å². The number of alkyl halides is 1. The minimum Gasteiger partial charge on any atom is -0.207 e. The molecule has 1 saturated carbocycles. The Morgan fingerprint density at radius 3 is 2.83 bits per heavy atom. The third-order valence-corrected chi connectivity index (χ3v) is 5.39. The molecule has 0 N–H and O–H groups in total. The van der Waals surface area contributed by atoms with Crippen LogP contribution >= 0.6 is 27.5 Å². The monoisotopic (exact) mass is 332 g/mol. The van der Waals surface area contributed by atoms with Gasteiger partial charge in [-0.2, -0.15) is 0 Å². The third kappa shape index (κ3) is 3.48. The summed E-state index contributed by atoms with van der Waals surface area (Å²) in [7, 11) is 0. The zero-order valence-electron chi connectivity index (χ0n) is 10.6. The second-order valence-corrected chi connectivity index (χ2v) is 6.72. The minimum atomic E-state index is -0.192. The number of halogens is 3.